The van der Waals surface area contributed by atoms with Gasteiger partial charge in [-0.15, -0.1) is 0 Å². The molecule has 172 valence electrons. The molecule has 2 aromatic rings. The van der Waals surface area contributed by atoms with Crippen LogP contribution in [-0.4, -0.2) is 44.3 Å². The van der Waals surface area contributed by atoms with E-state index in [0.717, 1.165) is 25.7 Å². The van der Waals surface area contributed by atoms with Crippen molar-refractivity contribution in [2.24, 2.45) is 0 Å². The van der Waals surface area contributed by atoms with Gasteiger partial charge in [0.2, 0.25) is 10.0 Å². The van der Waals surface area contributed by atoms with E-state index < -0.39 is 21.9 Å². The van der Waals surface area contributed by atoms with Crippen molar-refractivity contribution in [2.45, 2.75) is 44.4 Å². The summed E-state index contributed by atoms with van der Waals surface area (Å²) in [7, 11) is -3.68. The fraction of sp³-hybridized carbons (Fsp3) is 0.391. The Hall–Kier alpha value is -2.42. The lowest BCUT2D eigenvalue weighted by molar-refractivity contribution is 0.0526. The van der Waals surface area contributed by atoms with Gasteiger partial charge in [0.05, 0.1) is 27.8 Å². The average Bonchev–Trinajstić information content (AvgIpc) is 3.05. The van der Waals surface area contributed by atoms with E-state index in [1.165, 1.54) is 34.6 Å². The summed E-state index contributed by atoms with van der Waals surface area (Å²) in [6, 6.07) is 9.01. The summed E-state index contributed by atoms with van der Waals surface area (Å²) >= 11 is 6.24. The summed E-state index contributed by atoms with van der Waals surface area (Å²) < 4.78 is 32.7. The van der Waals surface area contributed by atoms with Crippen LogP contribution >= 0.6 is 11.6 Å². The molecule has 0 bridgehead atoms. The molecular formula is C23H27ClN2O5S. The molecule has 0 unspecified atom stereocenters. The van der Waals surface area contributed by atoms with Crippen LogP contribution in [0.1, 0.15) is 58.9 Å². The van der Waals surface area contributed by atoms with Crippen LogP contribution in [0.25, 0.3) is 0 Å². The van der Waals surface area contributed by atoms with Gasteiger partial charge in [-0.3, -0.25) is 4.79 Å². The van der Waals surface area contributed by atoms with Crippen LogP contribution in [0.3, 0.4) is 0 Å². The molecule has 0 spiro atoms. The number of anilines is 1. The van der Waals surface area contributed by atoms with Crippen LogP contribution in [0, 0.1) is 6.92 Å². The van der Waals surface area contributed by atoms with Crippen molar-refractivity contribution >= 4 is 39.2 Å². The van der Waals surface area contributed by atoms with Gasteiger partial charge in [-0.2, -0.15) is 4.31 Å². The molecule has 7 nitrogen and oxygen atoms in total. The number of rotatable bonds is 6. The summed E-state index contributed by atoms with van der Waals surface area (Å²) in [4.78, 5) is 24.9. The summed E-state index contributed by atoms with van der Waals surface area (Å²) in [6.45, 7) is 4.66. The molecule has 1 amide bonds. The number of sulfonamides is 1. The number of aryl methyl sites for hydroxylation is 1. The van der Waals surface area contributed by atoms with E-state index in [0.29, 0.717) is 24.3 Å². The van der Waals surface area contributed by atoms with E-state index >= 15 is 0 Å². The normalized spacial score (nSPS) is 15.1. The minimum atomic E-state index is -3.68. The highest BCUT2D eigenvalue weighted by molar-refractivity contribution is 7.89. The lowest BCUT2D eigenvalue weighted by atomic mass is 10.1. The van der Waals surface area contributed by atoms with E-state index in [1.807, 2.05) is 0 Å². The van der Waals surface area contributed by atoms with Crippen molar-refractivity contribution in [3.05, 3.63) is 58.1 Å². The first-order chi connectivity index (χ1) is 15.2. The van der Waals surface area contributed by atoms with Crippen LogP contribution in [0.5, 0.6) is 0 Å². The monoisotopic (exact) mass is 478 g/mol. The Morgan fingerprint density at radius 1 is 1.06 bits per heavy atom. The average molecular weight is 479 g/mol. The first-order valence-corrected chi connectivity index (χ1v) is 12.4. The molecular weight excluding hydrogens is 452 g/mol. The Bertz CT molecular complexity index is 1110. The van der Waals surface area contributed by atoms with E-state index in [4.69, 9.17) is 16.3 Å². The van der Waals surface area contributed by atoms with E-state index in [-0.39, 0.29) is 27.7 Å². The third-order valence-corrected chi connectivity index (χ3v) is 7.59. The molecule has 1 aliphatic heterocycles. The first kappa shape index (κ1) is 24.2. The highest BCUT2D eigenvalue weighted by Gasteiger charge is 2.26. The lowest BCUT2D eigenvalue weighted by Gasteiger charge is -2.20. The molecule has 1 aliphatic rings. The molecule has 3 rings (SSSR count). The maximum absolute atomic E-state index is 13.1. The van der Waals surface area contributed by atoms with Crippen molar-refractivity contribution in [3.8, 4) is 0 Å². The quantitative estimate of drug-likeness (QED) is 0.610. The van der Waals surface area contributed by atoms with E-state index in [9.17, 15) is 18.0 Å². The predicted octanol–water partition coefficient (Wildman–Crippen LogP) is 4.64. The standard InChI is InChI=1S/C23H27ClN2O5S/c1-3-31-23(28)17-9-11-21(20(24)14-17)25-22(27)19-15-18(10-8-16(19)2)32(29,30)26-12-6-4-5-7-13-26/h8-11,14-15H,3-7,12-13H2,1-2H3,(H,25,27). The molecule has 32 heavy (non-hydrogen) atoms. The van der Waals surface area contributed by atoms with Gasteiger partial charge in [0.1, 0.15) is 0 Å². The second-order valence-corrected chi connectivity index (χ2v) is 10.0. The molecule has 1 fully saturated rings. The van der Waals surface area contributed by atoms with Crippen LogP contribution in [0.4, 0.5) is 5.69 Å². The number of benzene rings is 2. The Morgan fingerprint density at radius 2 is 1.75 bits per heavy atom. The van der Waals surface area contributed by atoms with Gasteiger partial charge in [-0.1, -0.05) is 30.5 Å². The van der Waals surface area contributed by atoms with Crippen molar-refractivity contribution in [2.75, 3.05) is 25.0 Å². The maximum atomic E-state index is 13.1. The third-order valence-electron chi connectivity index (χ3n) is 5.38. The van der Waals surface area contributed by atoms with Crippen LogP contribution in [0.2, 0.25) is 5.02 Å². The topological polar surface area (TPSA) is 92.8 Å². The Kier molecular flexibility index (Phi) is 7.92. The molecule has 2 aromatic carbocycles. The number of esters is 1. The van der Waals surface area contributed by atoms with Crippen molar-refractivity contribution in [1.29, 1.82) is 0 Å². The second-order valence-electron chi connectivity index (χ2n) is 7.66. The van der Waals surface area contributed by atoms with Gasteiger partial charge in [0.25, 0.3) is 5.91 Å². The predicted molar refractivity (Wildman–Crippen MR) is 124 cm³/mol. The molecule has 1 N–H and O–H groups in total. The number of carbonyl (C=O) groups excluding carboxylic acids is 2. The molecule has 0 radical (unpaired) electrons. The largest absolute Gasteiger partial charge is 0.462 e. The zero-order valence-corrected chi connectivity index (χ0v) is 19.8. The van der Waals surface area contributed by atoms with Gasteiger partial charge >= 0.3 is 5.97 Å². The summed E-state index contributed by atoms with van der Waals surface area (Å²) in [5.74, 6) is -0.990. The van der Waals surface area contributed by atoms with Crippen LogP contribution in [0.15, 0.2) is 41.3 Å². The lowest BCUT2D eigenvalue weighted by Crippen LogP contribution is -2.32. The number of halogens is 1. The zero-order chi connectivity index (χ0) is 23.3. The van der Waals surface area contributed by atoms with Gasteiger partial charge in [-0.25, -0.2) is 13.2 Å². The van der Waals surface area contributed by atoms with Gasteiger partial charge < -0.3 is 10.1 Å². The smallest absolute Gasteiger partial charge is 0.338 e. The molecule has 0 saturated carbocycles. The van der Waals surface area contributed by atoms with Crippen molar-refractivity contribution < 1.29 is 22.7 Å². The minimum Gasteiger partial charge on any atom is -0.462 e. The SMILES string of the molecule is CCOC(=O)c1ccc(NC(=O)c2cc(S(=O)(=O)N3CCCCCC3)ccc2C)c(Cl)c1. The number of hydrogen-bond acceptors (Lipinski definition) is 5. The number of carbonyl (C=O) groups is 2. The fourth-order valence-electron chi connectivity index (χ4n) is 3.58. The Balaban J connectivity index is 1.84. The Labute approximate surface area is 193 Å². The van der Waals surface area contributed by atoms with Crippen LogP contribution < -0.4 is 5.32 Å². The fourth-order valence-corrected chi connectivity index (χ4v) is 5.36. The van der Waals surface area contributed by atoms with E-state index in [2.05, 4.69) is 5.32 Å². The maximum Gasteiger partial charge on any atom is 0.338 e. The number of ether oxygens (including phenoxy) is 1. The zero-order valence-electron chi connectivity index (χ0n) is 18.2. The first-order valence-electron chi connectivity index (χ1n) is 10.6. The minimum absolute atomic E-state index is 0.0962. The van der Waals surface area contributed by atoms with Gasteiger partial charge in [-0.05, 0) is 62.6 Å². The number of hydrogen-bond donors (Lipinski definition) is 1. The van der Waals surface area contributed by atoms with Crippen LogP contribution in [-0.2, 0) is 14.8 Å². The highest BCUT2D eigenvalue weighted by atomic mass is 35.5. The molecule has 0 atom stereocenters. The summed E-state index contributed by atoms with van der Waals surface area (Å²) in [5.41, 5.74) is 1.46. The molecule has 1 saturated heterocycles. The van der Waals surface area contributed by atoms with Gasteiger partial charge in [0, 0.05) is 18.7 Å². The third kappa shape index (κ3) is 5.49. The molecule has 9 heteroatoms. The number of nitrogens with zero attached hydrogens (tertiary/aromatic N) is 1. The molecule has 1 heterocycles. The summed E-state index contributed by atoms with van der Waals surface area (Å²) in [5, 5.41) is 2.88. The molecule has 0 aromatic heterocycles. The highest BCUT2D eigenvalue weighted by Crippen LogP contribution is 2.26. The Morgan fingerprint density at radius 3 is 2.38 bits per heavy atom. The van der Waals surface area contributed by atoms with E-state index in [1.54, 1.807) is 19.9 Å². The summed E-state index contributed by atoms with van der Waals surface area (Å²) in [6.07, 6.45) is 3.70. The molecule has 0 aliphatic carbocycles. The number of amides is 1. The number of nitrogens with one attached hydrogen (secondary N) is 1. The second kappa shape index (κ2) is 10.5. The van der Waals surface area contributed by atoms with Crippen molar-refractivity contribution in [3.63, 3.8) is 0 Å². The van der Waals surface area contributed by atoms with Crippen molar-refractivity contribution in [1.82, 2.24) is 4.31 Å². The van der Waals surface area contributed by atoms with Gasteiger partial charge in [0.15, 0.2) is 0 Å².